The normalized spacial score (nSPS) is 13.9. The number of carbonyl (C=O) groups excluding carboxylic acids is 2. The molecular weight excluding hydrogens is 525 g/mol. The zero-order valence-corrected chi connectivity index (χ0v) is 23.4. The van der Waals surface area contributed by atoms with Crippen molar-refractivity contribution in [1.29, 1.82) is 0 Å². The predicted octanol–water partition coefficient (Wildman–Crippen LogP) is 5.92. The molecule has 220 valence electrons. The summed E-state index contributed by atoms with van der Waals surface area (Å²) >= 11 is 0. The number of rotatable bonds is 16. The number of benzene rings is 2. The lowest BCUT2D eigenvalue weighted by molar-refractivity contribution is -0.140. The van der Waals surface area contributed by atoms with Gasteiger partial charge in [-0.2, -0.15) is 13.2 Å². The van der Waals surface area contributed by atoms with E-state index in [0.717, 1.165) is 24.8 Å². The van der Waals surface area contributed by atoms with Crippen LogP contribution in [-0.4, -0.2) is 50.4 Å². The molecule has 0 radical (unpaired) electrons. The van der Waals surface area contributed by atoms with E-state index in [2.05, 4.69) is 5.32 Å². The summed E-state index contributed by atoms with van der Waals surface area (Å²) in [6, 6.07) is 9.93. The number of hydrogen-bond donors (Lipinski definition) is 1. The SMILES string of the molecule is CCCCC(NC=O)(C(=O)N(C)CCCCOc1ccc(CC(F)(F)F)cc1CCC)c1ccc2c(c1)OCO2. The summed E-state index contributed by atoms with van der Waals surface area (Å²) in [6.45, 7) is 4.90. The molecule has 7 nitrogen and oxygen atoms in total. The average molecular weight is 565 g/mol. The second-order valence-electron chi connectivity index (χ2n) is 10.1. The van der Waals surface area contributed by atoms with Crippen LogP contribution in [0.25, 0.3) is 0 Å². The Morgan fingerprint density at radius 3 is 2.52 bits per heavy atom. The van der Waals surface area contributed by atoms with Crippen LogP contribution in [0.4, 0.5) is 13.2 Å². The third kappa shape index (κ3) is 8.05. The largest absolute Gasteiger partial charge is 0.493 e. The fraction of sp³-hybridized carbons (Fsp3) is 0.533. The van der Waals surface area contributed by atoms with Crippen molar-refractivity contribution in [3.8, 4) is 17.2 Å². The zero-order chi connectivity index (χ0) is 29.2. The molecule has 0 fully saturated rings. The Kier molecular flexibility index (Phi) is 11.1. The molecule has 1 atom stereocenters. The van der Waals surface area contributed by atoms with E-state index in [1.807, 2.05) is 13.8 Å². The van der Waals surface area contributed by atoms with Gasteiger partial charge in [-0.15, -0.1) is 0 Å². The van der Waals surface area contributed by atoms with Crippen LogP contribution >= 0.6 is 0 Å². The van der Waals surface area contributed by atoms with Crippen molar-refractivity contribution in [2.45, 2.75) is 76.9 Å². The molecule has 2 aromatic carbocycles. The summed E-state index contributed by atoms with van der Waals surface area (Å²) in [5, 5.41) is 2.82. The minimum absolute atomic E-state index is 0.107. The van der Waals surface area contributed by atoms with Crippen LogP contribution in [-0.2, 0) is 28.0 Å². The summed E-state index contributed by atoms with van der Waals surface area (Å²) < 4.78 is 55.2. The lowest BCUT2D eigenvalue weighted by Gasteiger charge is -2.36. The van der Waals surface area contributed by atoms with Crippen LogP contribution in [0.5, 0.6) is 17.2 Å². The van der Waals surface area contributed by atoms with Gasteiger partial charge in [0, 0.05) is 13.6 Å². The Morgan fingerprint density at radius 1 is 1.05 bits per heavy atom. The van der Waals surface area contributed by atoms with Crippen molar-refractivity contribution in [3.63, 3.8) is 0 Å². The van der Waals surface area contributed by atoms with Crippen molar-refractivity contribution < 1.29 is 37.0 Å². The van der Waals surface area contributed by atoms with E-state index in [-0.39, 0.29) is 18.3 Å². The molecule has 0 spiro atoms. The molecular formula is C30H39F3N2O5. The molecule has 0 saturated carbocycles. The van der Waals surface area contributed by atoms with Crippen molar-refractivity contribution in [1.82, 2.24) is 10.2 Å². The first-order valence-corrected chi connectivity index (χ1v) is 13.8. The van der Waals surface area contributed by atoms with E-state index in [0.29, 0.717) is 68.1 Å². The van der Waals surface area contributed by atoms with E-state index in [1.165, 1.54) is 6.07 Å². The number of halogens is 3. The van der Waals surface area contributed by atoms with Crippen LogP contribution in [0.3, 0.4) is 0 Å². The number of unbranched alkanes of at least 4 members (excludes halogenated alkanes) is 2. The van der Waals surface area contributed by atoms with Crippen molar-refractivity contribution in [3.05, 3.63) is 53.1 Å². The average Bonchev–Trinajstić information content (AvgIpc) is 3.39. The van der Waals surface area contributed by atoms with Gasteiger partial charge in [0.25, 0.3) is 5.91 Å². The highest BCUT2D eigenvalue weighted by Gasteiger charge is 2.42. The van der Waals surface area contributed by atoms with Gasteiger partial charge in [-0.05, 0) is 60.6 Å². The first-order chi connectivity index (χ1) is 19.1. The molecule has 0 aromatic heterocycles. The summed E-state index contributed by atoms with van der Waals surface area (Å²) in [4.78, 5) is 27.1. The quantitative estimate of drug-likeness (QED) is 0.202. The fourth-order valence-corrected chi connectivity index (χ4v) is 4.94. The molecule has 0 aliphatic carbocycles. The van der Waals surface area contributed by atoms with Gasteiger partial charge in [-0.1, -0.05) is 51.3 Å². The molecule has 1 unspecified atom stereocenters. The third-order valence-corrected chi connectivity index (χ3v) is 6.98. The van der Waals surface area contributed by atoms with Crippen molar-refractivity contribution in [2.24, 2.45) is 0 Å². The van der Waals surface area contributed by atoms with Crippen molar-refractivity contribution in [2.75, 3.05) is 27.0 Å². The number of likely N-dealkylation sites (N-methyl/N-ethyl adjacent to an activating group) is 1. The van der Waals surface area contributed by atoms with Gasteiger partial charge >= 0.3 is 6.18 Å². The Morgan fingerprint density at radius 2 is 1.82 bits per heavy atom. The number of aryl methyl sites for hydroxylation is 1. The molecule has 2 amide bonds. The molecule has 0 saturated heterocycles. The van der Waals surface area contributed by atoms with E-state index in [4.69, 9.17) is 14.2 Å². The summed E-state index contributed by atoms with van der Waals surface area (Å²) in [6.07, 6.45) is 0.0423. The molecule has 1 heterocycles. The van der Waals surface area contributed by atoms with Crippen molar-refractivity contribution >= 4 is 12.3 Å². The zero-order valence-electron chi connectivity index (χ0n) is 23.4. The molecule has 1 aliphatic heterocycles. The van der Waals surface area contributed by atoms with E-state index >= 15 is 0 Å². The van der Waals surface area contributed by atoms with Gasteiger partial charge in [0.05, 0.1) is 13.0 Å². The Labute approximate surface area is 234 Å². The molecule has 1 aliphatic rings. The fourth-order valence-electron chi connectivity index (χ4n) is 4.94. The maximum absolute atomic E-state index is 13.8. The van der Waals surface area contributed by atoms with Crippen LogP contribution in [0.2, 0.25) is 0 Å². The highest BCUT2D eigenvalue weighted by molar-refractivity contribution is 5.89. The first-order valence-electron chi connectivity index (χ1n) is 13.8. The smallest absolute Gasteiger partial charge is 0.393 e. The number of nitrogens with one attached hydrogen (secondary N) is 1. The Bertz CT molecular complexity index is 1140. The first kappa shape index (κ1) is 31.1. The highest BCUT2D eigenvalue weighted by Crippen LogP contribution is 2.38. The van der Waals surface area contributed by atoms with E-state index < -0.39 is 18.1 Å². The van der Waals surface area contributed by atoms with Gasteiger partial charge in [0.2, 0.25) is 13.2 Å². The number of alkyl halides is 3. The predicted molar refractivity (Wildman–Crippen MR) is 146 cm³/mol. The highest BCUT2D eigenvalue weighted by atomic mass is 19.4. The molecule has 0 bridgehead atoms. The maximum Gasteiger partial charge on any atom is 0.393 e. The monoisotopic (exact) mass is 564 g/mol. The standard InChI is InChI=1S/C30H39F3N2O5/c1-4-6-14-29(34-20-36,24-11-13-26-27(18-24)40-21-39-26)28(37)35(3)15-7-8-16-38-25-12-10-22(19-30(31,32)33)17-23(25)9-5-2/h10-13,17-18,20H,4-9,14-16,19,21H2,1-3H3,(H,34,36). The lowest BCUT2D eigenvalue weighted by Crippen LogP contribution is -2.54. The molecule has 40 heavy (non-hydrogen) atoms. The topological polar surface area (TPSA) is 77.1 Å². The van der Waals surface area contributed by atoms with Crippen LogP contribution in [0, 0.1) is 0 Å². The minimum Gasteiger partial charge on any atom is -0.493 e. The second-order valence-corrected chi connectivity index (χ2v) is 10.1. The van der Waals surface area contributed by atoms with Gasteiger partial charge in [0.1, 0.15) is 11.3 Å². The summed E-state index contributed by atoms with van der Waals surface area (Å²) in [5.41, 5.74) is 0.384. The number of fused-ring (bicyclic) bond motifs is 1. The molecule has 10 heteroatoms. The Balaban J connectivity index is 1.62. The number of carbonyl (C=O) groups is 2. The molecule has 1 N–H and O–H groups in total. The van der Waals surface area contributed by atoms with Crippen LogP contribution in [0.1, 0.15) is 69.1 Å². The molecule has 2 aromatic rings. The minimum atomic E-state index is -4.26. The van der Waals surface area contributed by atoms with Crippen LogP contribution < -0.4 is 19.5 Å². The van der Waals surface area contributed by atoms with Crippen LogP contribution in [0.15, 0.2) is 36.4 Å². The second kappa shape index (κ2) is 14.3. The summed E-state index contributed by atoms with van der Waals surface area (Å²) in [7, 11) is 1.71. The lowest BCUT2D eigenvalue weighted by atomic mass is 9.83. The van der Waals surface area contributed by atoms with Gasteiger partial charge in [-0.3, -0.25) is 9.59 Å². The van der Waals surface area contributed by atoms with E-state index in [9.17, 15) is 22.8 Å². The summed E-state index contributed by atoms with van der Waals surface area (Å²) in [5.74, 6) is 1.50. The van der Waals surface area contributed by atoms with E-state index in [1.54, 1.807) is 42.3 Å². The van der Waals surface area contributed by atoms with Gasteiger partial charge in [-0.25, -0.2) is 0 Å². The van der Waals surface area contributed by atoms with Gasteiger partial charge < -0.3 is 24.4 Å². The van der Waals surface area contributed by atoms with Gasteiger partial charge in [0.15, 0.2) is 11.5 Å². The number of nitrogens with zero attached hydrogens (tertiary/aromatic N) is 1. The Hall–Kier alpha value is -3.43. The maximum atomic E-state index is 13.8. The number of amides is 2. The number of ether oxygens (including phenoxy) is 3. The third-order valence-electron chi connectivity index (χ3n) is 6.98. The number of hydrogen-bond acceptors (Lipinski definition) is 5. The molecule has 3 rings (SSSR count).